The van der Waals surface area contributed by atoms with Gasteiger partial charge in [-0.3, -0.25) is 19.6 Å². The van der Waals surface area contributed by atoms with Gasteiger partial charge in [0.2, 0.25) is 0 Å². The predicted molar refractivity (Wildman–Crippen MR) is 126 cm³/mol. The number of rotatable bonds is 6. The molecule has 3 aliphatic rings. The van der Waals surface area contributed by atoms with Gasteiger partial charge in [-0.2, -0.15) is 0 Å². The van der Waals surface area contributed by atoms with Crippen LogP contribution in [0.25, 0.3) is 0 Å². The summed E-state index contributed by atoms with van der Waals surface area (Å²) in [5.41, 5.74) is 1.12. The quantitative estimate of drug-likeness (QED) is 0.611. The van der Waals surface area contributed by atoms with Gasteiger partial charge < -0.3 is 14.4 Å². The molecule has 0 unspecified atom stereocenters. The number of carbonyl (C=O) groups is 2. The van der Waals surface area contributed by atoms with Crippen LogP contribution < -0.4 is 9.47 Å². The van der Waals surface area contributed by atoms with E-state index in [4.69, 9.17) is 9.47 Å². The molecule has 8 heteroatoms. The fraction of sp³-hybridized carbons (Fsp3) is 0.500. The van der Waals surface area contributed by atoms with Crippen molar-refractivity contribution in [3.63, 3.8) is 0 Å². The van der Waals surface area contributed by atoms with E-state index in [0.29, 0.717) is 32.6 Å². The molecule has 0 N–H and O–H groups in total. The zero-order valence-corrected chi connectivity index (χ0v) is 19.9. The highest BCUT2D eigenvalue weighted by atomic mass is 16.6. The first-order valence-electron chi connectivity index (χ1n) is 12.1. The molecule has 0 saturated carbocycles. The van der Waals surface area contributed by atoms with Gasteiger partial charge in [0.25, 0.3) is 5.91 Å². The number of likely N-dealkylation sites (tertiary alicyclic amines) is 1. The summed E-state index contributed by atoms with van der Waals surface area (Å²) in [5.74, 6) is 1.78. The van der Waals surface area contributed by atoms with Crippen molar-refractivity contribution in [2.24, 2.45) is 5.92 Å². The molecule has 1 aromatic heterocycles. The zero-order chi connectivity index (χ0) is 23.7. The molecule has 3 aliphatic heterocycles. The molecule has 0 atom stereocenters. The molecule has 0 radical (unpaired) electrons. The van der Waals surface area contributed by atoms with Crippen LogP contribution in [-0.2, 0) is 17.9 Å². The summed E-state index contributed by atoms with van der Waals surface area (Å²) in [5, 5.41) is 0. The van der Waals surface area contributed by atoms with Gasteiger partial charge in [0.05, 0.1) is 12.2 Å². The van der Waals surface area contributed by atoms with Gasteiger partial charge in [-0.05, 0) is 48.6 Å². The summed E-state index contributed by atoms with van der Waals surface area (Å²) in [6, 6.07) is 11.5. The summed E-state index contributed by atoms with van der Waals surface area (Å²) < 4.78 is 11.4. The maximum Gasteiger partial charge on any atom is 0.328 e. The Morgan fingerprint density at radius 3 is 2.47 bits per heavy atom. The Hall–Kier alpha value is -3.13. The lowest BCUT2D eigenvalue weighted by molar-refractivity contribution is -0.136. The Morgan fingerprint density at radius 2 is 1.76 bits per heavy atom. The number of piperidine rings is 1. The Kier molecular flexibility index (Phi) is 6.16. The van der Waals surface area contributed by atoms with Crippen molar-refractivity contribution in [2.45, 2.75) is 45.3 Å². The lowest BCUT2D eigenvalue weighted by atomic mass is 9.85. The van der Waals surface area contributed by atoms with Crippen molar-refractivity contribution in [3.05, 3.63) is 53.9 Å². The van der Waals surface area contributed by atoms with Crippen LogP contribution in [0.4, 0.5) is 4.79 Å². The van der Waals surface area contributed by atoms with Gasteiger partial charge in [0.15, 0.2) is 11.5 Å². The van der Waals surface area contributed by atoms with Crippen molar-refractivity contribution in [1.82, 2.24) is 19.7 Å². The average molecular weight is 465 g/mol. The van der Waals surface area contributed by atoms with Crippen LogP contribution in [0, 0.1) is 5.92 Å². The number of hydrogen-bond donors (Lipinski definition) is 0. The molecule has 1 spiro atoms. The van der Waals surface area contributed by atoms with E-state index >= 15 is 0 Å². The van der Waals surface area contributed by atoms with Gasteiger partial charge in [-0.1, -0.05) is 26.0 Å². The molecule has 34 heavy (non-hydrogen) atoms. The number of nitrogens with zero attached hydrogens (tertiary/aromatic N) is 4. The summed E-state index contributed by atoms with van der Waals surface area (Å²) >= 11 is 0. The molecule has 2 fully saturated rings. The van der Waals surface area contributed by atoms with Crippen molar-refractivity contribution in [3.8, 4) is 11.5 Å². The molecule has 4 heterocycles. The number of pyridine rings is 1. The SMILES string of the molecule is CC(C)CN1C(=O)N(Cc2ccccn2)C(=O)C12CCN(Cc1ccc3c(c1)OCCO3)CC2. The molecular formula is C26H32N4O4. The minimum absolute atomic E-state index is 0.0808. The van der Waals surface area contributed by atoms with Crippen molar-refractivity contribution in [2.75, 3.05) is 32.8 Å². The molecular weight excluding hydrogens is 432 g/mol. The van der Waals surface area contributed by atoms with Crippen LogP contribution in [0.2, 0.25) is 0 Å². The first-order chi connectivity index (χ1) is 16.5. The molecule has 5 rings (SSSR count). The van der Waals surface area contributed by atoms with E-state index in [9.17, 15) is 9.59 Å². The van der Waals surface area contributed by atoms with Gasteiger partial charge in [-0.15, -0.1) is 0 Å². The van der Waals surface area contributed by atoms with E-state index in [1.165, 1.54) is 4.90 Å². The number of ether oxygens (including phenoxy) is 2. The normalized spacial score (nSPS) is 20.0. The van der Waals surface area contributed by atoms with E-state index in [0.717, 1.165) is 42.4 Å². The maximum atomic E-state index is 13.7. The molecule has 0 bridgehead atoms. The number of carbonyl (C=O) groups excluding carboxylic acids is 2. The minimum Gasteiger partial charge on any atom is -0.486 e. The number of aromatic nitrogens is 1. The van der Waals surface area contributed by atoms with Gasteiger partial charge >= 0.3 is 6.03 Å². The number of benzene rings is 1. The fourth-order valence-electron chi connectivity index (χ4n) is 5.20. The number of urea groups is 1. The highest BCUT2D eigenvalue weighted by molar-refractivity contribution is 6.07. The zero-order valence-electron chi connectivity index (χ0n) is 19.9. The second-order valence-corrected chi connectivity index (χ2v) is 9.79. The first-order valence-corrected chi connectivity index (χ1v) is 12.1. The third-order valence-corrected chi connectivity index (χ3v) is 6.91. The molecule has 1 aromatic carbocycles. The van der Waals surface area contributed by atoms with Crippen LogP contribution in [0.5, 0.6) is 11.5 Å². The fourth-order valence-corrected chi connectivity index (χ4v) is 5.20. The molecule has 2 saturated heterocycles. The third kappa shape index (κ3) is 4.22. The van der Waals surface area contributed by atoms with E-state index in [2.05, 4.69) is 29.8 Å². The van der Waals surface area contributed by atoms with Crippen LogP contribution in [0.1, 0.15) is 37.9 Å². The van der Waals surface area contributed by atoms with Crippen molar-refractivity contribution < 1.29 is 19.1 Å². The average Bonchev–Trinajstić information content (AvgIpc) is 3.02. The summed E-state index contributed by atoms with van der Waals surface area (Å²) in [7, 11) is 0. The third-order valence-electron chi connectivity index (χ3n) is 6.91. The van der Waals surface area contributed by atoms with Crippen LogP contribution in [0.15, 0.2) is 42.6 Å². The molecule has 3 amide bonds. The van der Waals surface area contributed by atoms with E-state index in [1.54, 1.807) is 6.20 Å². The second-order valence-electron chi connectivity index (χ2n) is 9.79. The Morgan fingerprint density at radius 1 is 1.00 bits per heavy atom. The highest BCUT2D eigenvalue weighted by Gasteiger charge is 2.57. The Labute approximate surface area is 200 Å². The smallest absolute Gasteiger partial charge is 0.328 e. The standard InChI is InChI=1S/C26H32N4O4/c1-19(2)16-30-25(32)29(18-21-5-3-4-10-27-21)24(31)26(30)8-11-28(12-9-26)17-20-6-7-22-23(15-20)34-14-13-33-22/h3-7,10,15,19H,8-9,11-14,16-18H2,1-2H3. The number of fused-ring (bicyclic) bond motifs is 1. The first kappa shape index (κ1) is 22.7. The van der Waals surface area contributed by atoms with Crippen LogP contribution in [0.3, 0.4) is 0 Å². The molecule has 2 aromatic rings. The maximum absolute atomic E-state index is 13.7. The molecule has 0 aliphatic carbocycles. The second kappa shape index (κ2) is 9.25. The Balaban J connectivity index is 1.31. The summed E-state index contributed by atoms with van der Waals surface area (Å²) in [4.78, 5) is 37.0. The van der Waals surface area contributed by atoms with Gasteiger partial charge in [0, 0.05) is 32.4 Å². The monoisotopic (exact) mass is 464 g/mol. The molecule has 180 valence electrons. The topological polar surface area (TPSA) is 75.2 Å². The number of imide groups is 1. The van der Waals surface area contributed by atoms with E-state index in [-0.39, 0.29) is 24.4 Å². The van der Waals surface area contributed by atoms with E-state index < -0.39 is 5.54 Å². The summed E-state index contributed by atoms with van der Waals surface area (Å²) in [6.45, 7) is 8.39. The van der Waals surface area contributed by atoms with Crippen molar-refractivity contribution in [1.29, 1.82) is 0 Å². The lowest BCUT2D eigenvalue weighted by Crippen LogP contribution is -2.57. The number of amides is 3. The van der Waals surface area contributed by atoms with Gasteiger partial charge in [0.1, 0.15) is 18.8 Å². The van der Waals surface area contributed by atoms with Gasteiger partial charge in [-0.25, -0.2) is 4.79 Å². The lowest BCUT2D eigenvalue weighted by Gasteiger charge is -2.42. The van der Waals surface area contributed by atoms with Crippen LogP contribution >= 0.6 is 0 Å². The largest absolute Gasteiger partial charge is 0.486 e. The minimum atomic E-state index is -0.764. The Bertz CT molecular complexity index is 1050. The molecule has 8 nitrogen and oxygen atoms in total. The van der Waals surface area contributed by atoms with Crippen LogP contribution in [-0.4, -0.2) is 70.0 Å². The summed E-state index contributed by atoms with van der Waals surface area (Å²) in [6.07, 6.45) is 2.96. The number of hydrogen-bond acceptors (Lipinski definition) is 6. The van der Waals surface area contributed by atoms with E-state index in [1.807, 2.05) is 35.2 Å². The predicted octanol–water partition coefficient (Wildman–Crippen LogP) is 3.31. The highest BCUT2D eigenvalue weighted by Crippen LogP contribution is 2.39. The van der Waals surface area contributed by atoms with Crippen molar-refractivity contribution >= 4 is 11.9 Å².